The molecule has 0 aliphatic heterocycles. The lowest BCUT2D eigenvalue weighted by atomic mass is 10.1. The van der Waals surface area contributed by atoms with Crippen LogP contribution in [-0.4, -0.2) is 36.2 Å². The Hall–Kier alpha value is 0.0569. The number of nitrogens with two attached hydrogens (primary N) is 1. The zero-order valence-electron chi connectivity index (χ0n) is 15.9. The molecule has 0 bridgehead atoms. The van der Waals surface area contributed by atoms with E-state index in [1.165, 1.54) is 64.2 Å². The molecule has 0 aliphatic carbocycles. The second-order valence-electron chi connectivity index (χ2n) is 6.37. The van der Waals surface area contributed by atoms with Crippen molar-refractivity contribution in [2.24, 2.45) is 5.73 Å². The predicted octanol–water partition coefficient (Wildman–Crippen LogP) is 4.89. The van der Waals surface area contributed by atoms with Crippen molar-refractivity contribution in [3.05, 3.63) is 0 Å². The molecule has 0 rings (SSSR count). The summed E-state index contributed by atoms with van der Waals surface area (Å²) >= 11 is 0. The minimum absolute atomic E-state index is 0.656. The molecule has 0 saturated heterocycles. The summed E-state index contributed by atoms with van der Waals surface area (Å²) in [4.78, 5) is 0. The first-order valence-electron chi connectivity index (χ1n) is 9.69. The van der Waals surface area contributed by atoms with E-state index in [4.69, 9.17) is 19.0 Å². The van der Waals surface area contributed by atoms with Crippen LogP contribution in [0, 0.1) is 0 Å². The molecule has 4 nitrogen and oxygen atoms in total. The third-order valence-corrected chi connectivity index (χ3v) is 7.23. The highest BCUT2D eigenvalue weighted by Crippen LogP contribution is 2.17. The summed E-state index contributed by atoms with van der Waals surface area (Å²) in [6.45, 7) is 3.67. The molecule has 0 aromatic heterocycles. The van der Waals surface area contributed by atoms with Gasteiger partial charge in [0.15, 0.2) is 0 Å². The number of hydrogen-bond donors (Lipinski definition) is 1. The average molecular weight is 348 g/mol. The second kappa shape index (κ2) is 16.9. The van der Waals surface area contributed by atoms with Crippen LogP contribution in [0.2, 0.25) is 6.04 Å². The van der Waals surface area contributed by atoms with E-state index in [-0.39, 0.29) is 0 Å². The van der Waals surface area contributed by atoms with Crippen molar-refractivity contribution >= 4 is 8.80 Å². The first-order chi connectivity index (χ1) is 11.2. The molecule has 0 unspecified atom stereocenters. The molecule has 0 heterocycles. The molecule has 0 aromatic rings. The van der Waals surface area contributed by atoms with E-state index in [9.17, 15) is 0 Å². The van der Waals surface area contributed by atoms with Crippen LogP contribution < -0.4 is 5.73 Å². The fourth-order valence-electron chi connectivity index (χ4n) is 2.79. The maximum absolute atomic E-state index is 5.95. The zero-order valence-corrected chi connectivity index (χ0v) is 16.9. The van der Waals surface area contributed by atoms with Crippen molar-refractivity contribution in [1.82, 2.24) is 0 Å². The quantitative estimate of drug-likeness (QED) is 0.283. The summed E-state index contributed by atoms with van der Waals surface area (Å²) in [7, 11) is 0.933. The lowest BCUT2D eigenvalue weighted by Crippen LogP contribution is -2.44. The Bertz CT molecular complexity index is 238. The van der Waals surface area contributed by atoms with Crippen LogP contribution in [0.15, 0.2) is 0 Å². The van der Waals surface area contributed by atoms with E-state index in [1.807, 2.05) is 0 Å². The highest BCUT2D eigenvalue weighted by atomic mass is 28.4. The summed E-state index contributed by atoms with van der Waals surface area (Å²) < 4.78 is 17.0. The molecular weight excluding hydrogens is 306 g/mol. The normalized spacial score (nSPS) is 12.0. The van der Waals surface area contributed by atoms with Crippen LogP contribution >= 0.6 is 0 Å². The van der Waals surface area contributed by atoms with Gasteiger partial charge in [-0.2, -0.15) is 0 Å². The van der Waals surface area contributed by atoms with Gasteiger partial charge in [0.25, 0.3) is 0 Å². The van der Waals surface area contributed by atoms with Crippen LogP contribution in [0.5, 0.6) is 0 Å². The third kappa shape index (κ3) is 13.1. The highest BCUT2D eigenvalue weighted by Gasteiger charge is 2.37. The maximum atomic E-state index is 5.95. The highest BCUT2D eigenvalue weighted by molar-refractivity contribution is 6.60. The van der Waals surface area contributed by atoms with E-state index in [2.05, 4.69) is 6.92 Å². The van der Waals surface area contributed by atoms with Gasteiger partial charge in [0, 0.05) is 26.9 Å². The molecule has 0 aromatic carbocycles. The van der Waals surface area contributed by atoms with Crippen LogP contribution in [0.3, 0.4) is 0 Å². The van der Waals surface area contributed by atoms with Crippen molar-refractivity contribution < 1.29 is 13.3 Å². The second-order valence-corrected chi connectivity index (χ2v) is 9.34. The van der Waals surface area contributed by atoms with E-state index >= 15 is 0 Å². The molecule has 0 amide bonds. The van der Waals surface area contributed by atoms with Crippen molar-refractivity contribution in [2.75, 3.05) is 27.4 Å². The van der Waals surface area contributed by atoms with Crippen LogP contribution in [0.25, 0.3) is 0 Å². The van der Waals surface area contributed by atoms with E-state index < -0.39 is 8.80 Å². The molecule has 0 saturated carbocycles. The molecule has 0 fully saturated rings. The van der Waals surface area contributed by atoms with Crippen molar-refractivity contribution in [1.29, 1.82) is 0 Å². The molecule has 5 heteroatoms. The molecule has 0 aliphatic rings. The Balaban J connectivity index is 3.46. The fourth-order valence-corrected chi connectivity index (χ4v) is 4.84. The Kier molecular flexibility index (Phi) is 16.9. The van der Waals surface area contributed by atoms with Crippen molar-refractivity contribution in [3.63, 3.8) is 0 Å². The minimum atomic E-state index is -2.44. The van der Waals surface area contributed by atoms with Gasteiger partial charge in [-0.15, -0.1) is 0 Å². The van der Waals surface area contributed by atoms with Crippen LogP contribution in [-0.2, 0) is 13.3 Å². The van der Waals surface area contributed by atoms with Gasteiger partial charge in [-0.3, -0.25) is 0 Å². The van der Waals surface area contributed by atoms with Crippen molar-refractivity contribution in [2.45, 2.75) is 90.0 Å². The topological polar surface area (TPSA) is 53.7 Å². The summed E-state index contributed by atoms with van der Waals surface area (Å²) in [6.07, 6.45) is 15.7. The number of rotatable bonds is 18. The Morgan fingerprint density at radius 2 is 1.17 bits per heavy atom. The molecule has 140 valence electrons. The fraction of sp³-hybridized carbons (Fsp3) is 1.00. The van der Waals surface area contributed by atoms with Gasteiger partial charge >= 0.3 is 8.80 Å². The molecule has 0 radical (unpaired) electrons. The molecule has 23 heavy (non-hydrogen) atoms. The minimum Gasteiger partial charge on any atom is -0.377 e. The van der Waals surface area contributed by atoms with Gasteiger partial charge in [-0.1, -0.05) is 71.1 Å². The van der Waals surface area contributed by atoms with Gasteiger partial charge in [0.05, 0.1) is 0 Å². The number of hydrogen-bond acceptors (Lipinski definition) is 4. The first-order valence-corrected chi connectivity index (χ1v) is 11.6. The van der Waals surface area contributed by atoms with Gasteiger partial charge < -0.3 is 19.0 Å². The van der Waals surface area contributed by atoms with E-state index in [0.29, 0.717) is 6.54 Å². The monoisotopic (exact) mass is 347 g/mol. The largest absolute Gasteiger partial charge is 0.500 e. The zero-order chi connectivity index (χ0) is 17.2. The van der Waals surface area contributed by atoms with E-state index in [1.54, 1.807) is 14.2 Å². The Morgan fingerprint density at radius 3 is 1.61 bits per heavy atom. The SMILES string of the molecule is CCCCCCCCCCCCCO[Si](CCCN)(OC)OC. The molecular formula is C18H41NO3Si. The Morgan fingerprint density at radius 1 is 0.696 bits per heavy atom. The third-order valence-electron chi connectivity index (χ3n) is 4.38. The summed E-state index contributed by atoms with van der Waals surface area (Å²) in [5.41, 5.74) is 5.57. The standard InChI is InChI=1S/C18H41NO3Si/c1-4-5-6-7-8-9-10-11-12-13-14-17-22-23(20-2,21-3)18-15-16-19/h4-19H2,1-3H3. The van der Waals surface area contributed by atoms with Gasteiger partial charge in [-0.25, -0.2) is 0 Å². The lowest BCUT2D eigenvalue weighted by Gasteiger charge is -2.26. The van der Waals surface area contributed by atoms with Gasteiger partial charge in [0.2, 0.25) is 0 Å². The smallest absolute Gasteiger partial charge is 0.377 e. The predicted molar refractivity (Wildman–Crippen MR) is 101 cm³/mol. The molecule has 0 atom stereocenters. The first kappa shape index (κ1) is 23.1. The van der Waals surface area contributed by atoms with Gasteiger partial charge in [0.1, 0.15) is 0 Å². The lowest BCUT2D eigenvalue weighted by molar-refractivity contribution is 0.0959. The van der Waals surface area contributed by atoms with Gasteiger partial charge in [-0.05, 0) is 19.4 Å². The van der Waals surface area contributed by atoms with Crippen LogP contribution in [0.4, 0.5) is 0 Å². The molecule has 2 N–H and O–H groups in total. The summed E-state index contributed by atoms with van der Waals surface area (Å²) in [6, 6.07) is 0.814. The average Bonchev–Trinajstić information content (AvgIpc) is 2.59. The summed E-state index contributed by atoms with van der Waals surface area (Å²) in [5, 5.41) is 0. The summed E-state index contributed by atoms with van der Waals surface area (Å²) in [5.74, 6) is 0. The number of unbranched alkanes of at least 4 members (excludes halogenated alkanes) is 10. The Labute approximate surface area is 145 Å². The van der Waals surface area contributed by atoms with Crippen molar-refractivity contribution in [3.8, 4) is 0 Å². The van der Waals surface area contributed by atoms with E-state index in [0.717, 1.165) is 25.5 Å². The van der Waals surface area contributed by atoms with Crippen LogP contribution in [0.1, 0.15) is 84.0 Å². The molecule has 0 spiro atoms. The maximum Gasteiger partial charge on any atom is 0.500 e.